The lowest BCUT2D eigenvalue weighted by Gasteiger charge is -2.16. The predicted molar refractivity (Wildman–Crippen MR) is 56.5 cm³/mol. The Bertz CT molecular complexity index is 275. The Hall–Kier alpha value is -0.750. The second kappa shape index (κ2) is 4.40. The van der Waals surface area contributed by atoms with E-state index in [9.17, 15) is 9.59 Å². The van der Waals surface area contributed by atoms with E-state index in [1.165, 1.54) is 0 Å². The van der Waals surface area contributed by atoms with Crippen LogP contribution in [0.4, 0.5) is 0 Å². The molecule has 2 rings (SSSR count). The number of carboxylic acids is 1. The Morgan fingerprint density at radius 3 is 2.67 bits per heavy atom. The Balaban J connectivity index is 1.87. The lowest BCUT2D eigenvalue weighted by atomic mass is 10.1. The molecule has 5 nitrogen and oxygen atoms in total. The average Bonchev–Trinajstić information content (AvgIpc) is 2.87. The Labute approximate surface area is 92.0 Å². The van der Waals surface area contributed by atoms with Crippen molar-refractivity contribution in [1.29, 1.82) is 0 Å². The van der Waals surface area contributed by atoms with Gasteiger partial charge in [0, 0.05) is 11.6 Å². The molecule has 6 heteroatoms. The van der Waals surface area contributed by atoms with Gasteiger partial charge in [-0.3, -0.25) is 10.1 Å². The molecule has 0 aromatic carbocycles. The smallest absolute Gasteiger partial charge is 0.326 e. The van der Waals surface area contributed by atoms with E-state index >= 15 is 0 Å². The molecule has 1 heterocycles. The molecule has 1 amide bonds. The summed E-state index contributed by atoms with van der Waals surface area (Å²) in [5.74, 6) is 0.526. The second-order valence-corrected chi connectivity index (χ2v) is 4.96. The molecule has 1 aliphatic carbocycles. The third-order valence-corrected chi connectivity index (χ3v) is 3.63. The van der Waals surface area contributed by atoms with Crippen molar-refractivity contribution in [2.24, 2.45) is 5.92 Å². The van der Waals surface area contributed by atoms with Crippen LogP contribution in [0.15, 0.2) is 0 Å². The molecule has 0 radical (unpaired) electrons. The van der Waals surface area contributed by atoms with Crippen LogP contribution in [-0.4, -0.2) is 40.7 Å². The van der Waals surface area contributed by atoms with Crippen LogP contribution in [0.5, 0.6) is 0 Å². The lowest BCUT2D eigenvalue weighted by molar-refractivity contribution is -0.142. The summed E-state index contributed by atoms with van der Waals surface area (Å²) >= 11 is 1.65. The van der Waals surface area contributed by atoms with Gasteiger partial charge < -0.3 is 10.4 Å². The Morgan fingerprint density at radius 1 is 1.47 bits per heavy atom. The van der Waals surface area contributed by atoms with Crippen LogP contribution in [0, 0.1) is 5.92 Å². The number of carbonyl (C=O) groups excluding carboxylic acids is 1. The molecule has 2 aliphatic rings. The number of aliphatic carboxylic acids is 1. The summed E-state index contributed by atoms with van der Waals surface area (Å²) in [6, 6.07) is -0.916. The molecule has 0 aromatic heterocycles. The van der Waals surface area contributed by atoms with Gasteiger partial charge >= 0.3 is 5.97 Å². The number of thioether (sulfide) groups is 1. The fourth-order valence-corrected chi connectivity index (χ4v) is 2.57. The lowest BCUT2D eigenvalue weighted by Crippen LogP contribution is -2.50. The van der Waals surface area contributed by atoms with Crippen LogP contribution in [0.3, 0.4) is 0 Å². The van der Waals surface area contributed by atoms with Crippen molar-refractivity contribution < 1.29 is 14.7 Å². The fourth-order valence-electron chi connectivity index (χ4n) is 1.63. The average molecular weight is 230 g/mol. The highest BCUT2D eigenvalue weighted by Crippen LogP contribution is 2.32. The first-order valence-corrected chi connectivity index (χ1v) is 6.18. The maximum absolute atomic E-state index is 11.6. The molecule has 0 bridgehead atoms. The van der Waals surface area contributed by atoms with E-state index < -0.39 is 12.0 Å². The van der Waals surface area contributed by atoms with Crippen molar-refractivity contribution in [3.63, 3.8) is 0 Å². The number of amides is 1. The minimum Gasteiger partial charge on any atom is -0.480 e. The van der Waals surface area contributed by atoms with Crippen LogP contribution in [0.2, 0.25) is 0 Å². The van der Waals surface area contributed by atoms with Crippen LogP contribution >= 0.6 is 11.8 Å². The van der Waals surface area contributed by atoms with Crippen LogP contribution < -0.4 is 10.6 Å². The Kier molecular flexibility index (Phi) is 3.16. The standard InChI is InChI=1S/C9H14N2O3S/c12-8(6-3-15-4-10-6)11-7(9(13)14)5-1-2-5/h5-7,10H,1-4H2,(H,11,12)(H,13,14). The van der Waals surface area contributed by atoms with Crippen LogP contribution in [0.25, 0.3) is 0 Å². The van der Waals surface area contributed by atoms with Gasteiger partial charge in [-0.15, -0.1) is 11.8 Å². The summed E-state index contributed by atoms with van der Waals surface area (Å²) < 4.78 is 0. The van der Waals surface area contributed by atoms with E-state index in [1.807, 2.05) is 0 Å². The summed E-state index contributed by atoms with van der Waals surface area (Å²) in [5.41, 5.74) is 0. The monoisotopic (exact) mass is 230 g/mol. The van der Waals surface area contributed by atoms with Gasteiger partial charge in [0.05, 0.1) is 6.04 Å². The molecule has 1 saturated heterocycles. The van der Waals surface area contributed by atoms with E-state index in [0.717, 1.165) is 24.5 Å². The first kappa shape index (κ1) is 10.8. The van der Waals surface area contributed by atoms with Gasteiger partial charge in [0.2, 0.25) is 5.91 Å². The number of hydrogen-bond acceptors (Lipinski definition) is 4. The summed E-state index contributed by atoms with van der Waals surface area (Å²) in [6.45, 7) is 0. The third kappa shape index (κ3) is 2.63. The number of carboxylic acid groups (broad SMARTS) is 1. The summed E-state index contributed by atoms with van der Waals surface area (Å²) in [7, 11) is 0. The first-order valence-electron chi connectivity index (χ1n) is 5.03. The molecule has 1 saturated carbocycles. The van der Waals surface area contributed by atoms with Gasteiger partial charge in [0.25, 0.3) is 0 Å². The molecule has 1 aliphatic heterocycles. The minimum absolute atomic E-state index is 0.139. The van der Waals surface area contributed by atoms with Gasteiger partial charge in [0.1, 0.15) is 6.04 Å². The van der Waals surface area contributed by atoms with Crippen LogP contribution in [-0.2, 0) is 9.59 Å². The van der Waals surface area contributed by atoms with Crippen molar-refractivity contribution in [3.8, 4) is 0 Å². The number of carbonyl (C=O) groups is 2. The van der Waals surface area contributed by atoms with E-state index in [1.54, 1.807) is 11.8 Å². The molecular formula is C9H14N2O3S. The van der Waals surface area contributed by atoms with Crippen molar-refractivity contribution in [1.82, 2.24) is 10.6 Å². The molecule has 84 valence electrons. The van der Waals surface area contributed by atoms with E-state index in [-0.39, 0.29) is 17.9 Å². The van der Waals surface area contributed by atoms with Gasteiger partial charge in [-0.2, -0.15) is 0 Å². The highest BCUT2D eigenvalue weighted by atomic mass is 32.2. The zero-order chi connectivity index (χ0) is 10.8. The molecular weight excluding hydrogens is 216 g/mol. The van der Waals surface area contributed by atoms with E-state index in [2.05, 4.69) is 10.6 Å². The molecule has 2 fully saturated rings. The number of nitrogens with one attached hydrogen (secondary N) is 2. The quantitative estimate of drug-likeness (QED) is 0.614. The predicted octanol–water partition coefficient (Wildman–Crippen LogP) is -0.372. The molecule has 0 aromatic rings. The SMILES string of the molecule is O=C(NC(C(=O)O)C1CC1)C1CSCN1. The maximum Gasteiger partial charge on any atom is 0.326 e. The zero-order valence-corrected chi connectivity index (χ0v) is 9.05. The molecule has 3 N–H and O–H groups in total. The normalized spacial score (nSPS) is 27.3. The zero-order valence-electron chi connectivity index (χ0n) is 8.23. The maximum atomic E-state index is 11.6. The first-order chi connectivity index (χ1) is 7.18. The van der Waals surface area contributed by atoms with Crippen molar-refractivity contribution in [2.75, 3.05) is 11.6 Å². The molecule has 2 atom stereocenters. The highest BCUT2D eigenvalue weighted by Gasteiger charge is 2.38. The second-order valence-electron chi connectivity index (χ2n) is 3.93. The topological polar surface area (TPSA) is 78.4 Å². The number of rotatable bonds is 4. The molecule has 15 heavy (non-hydrogen) atoms. The Morgan fingerprint density at radius 2 is 2.20 bits per heavy atom. The highest BCUT2D eigenvalue weighted by molar-refractivity contribution is 7.99. The van der Waals surface area contributed by atoms with E-state index in [4.69, 9.17) is 5.11 Å². The largest absolute Gasteiger partial charge is 0.480 e. The van der Waals surface area contributed by atoms with Crippen molar-refractivity contribution >= 4 is 23.6 Å². The fraction of sp³-hybridized carbons (Fsp3) is 0.778. The summed E-state index contributed by atoms with van der Waals surface area (Å²) in [5, 5.41) is 14.6. The van der Waals surface area contributed by atoms with Gasteiger partial charge in [-0.25, -0.2) is 4.79 Å². The summed E-state index contributed by atoms with van der Waals surface area (Å²) in [4.78, 5) is 22.5. The van der Waals surface area contributed by atoms with Gasteiger partial charge in [0.15, 0.2) is 0 Å². The van der Waals surface area contributed by atoms with E-state index in [0.29, 0.717) is 0 Å². The van der Waals surface area contributed by atoms with Crippen LogP contribution in [0.1, 0.15) is 12.8 Å². The molecule has 2 unspecified atom stereocenters. The number of hydrogen-bond donors (Lipinski definition) is 3. The van der Waals surface area contributed by atoms with Gasteiger partial charge in [-0.1, -0.05) is 0 Å². The van der Waals surface area contributed by atoms with Gasteiger partial charge in [-0.05, 0) is 18.8 Å². The minimum atomic E-state index is -0.920. The third-order valence-electron chi connectivity index (χ3n) is 2.69. The summed E-state index contributed by atoms with van der Waals surface area (Å²) in [6.07, 6.45) is 1.81. The van der Waals surface area contributed by atoms with Crippen molar-refractivity contribution in [3.05, 3.63) is 0 Å². The molecule has 0 spiro atoms. The van der Waals surface area contributed by atoms with Crippen molar-refractivity contribution in [2.45, 2.75) is 24.9 Å².